The van der Waals surface area contributed by atoms with Gasteiger partial charge in [-0.15, -0.1) is 18.3 Å². The number of aromatic nitrogens is 3. The van der Waals surface area contributed by atoms with Crippen LogP contribution >= 0.6 is 0 Å². The average molecular weight is 350 g/mol. The van der Waals surface area contributed by atoms with Gasteiger partial charge in [0.1, 0.15) is 18.2 Å². The summed E-state index contributed by atoms with van der Waals surface area (Å²) in [6.07, 6.45) is -4.61. The van der Waals surface area contributed by atoms with Crippen LogP contribution in [0.4, 0.5) is 17.6 Å². The summed E-state index contributed by atoms with van der Waals surface area (Å²) < 4.78 is 54.8. The van der Waals surface area contributed by atoms with E-state index in [0.29, 0.717) is 22.6 Å². The van der Waals surface area contributed by atoms with E-state index in [-0.39, 0.29) is 5.75 Å². The number of hydrogen-bond donors (Lipinski definition) is 0. The Bertz CT molecular complexity index is 840. The van der Waals surface area contributed by atoms with Crippen molar-refractivity contribution in [2.24, 2.45) is 0 Å². The third-order valence-electron chi connectivity index (χ3n) is 3.36. The van der Waals surface area contributed by atoms with Crippen molar-refractivity contribution in [2.75, 3.05) is 0 Å². The summed E-state index contributed by atoms with van der Waals surface area (Å²) in [6, 6.07) is 11.8. The number of benzene rings is 2. The lowest BCUT2D eigenvalue weighted by Crippen LogP contribution is -2.17. The van der Waals surface area contributed by atoms with Gasteiger partial charge in [-0.25, -0.2) is 14.1 Å². The predicted molar refractivity (Wildman–Crippen MR) is 82.7 cm³/mol. The Labute approximate surface area is 140 Å². The molecule has 4 nitrogen and oxygen atoms in total. The van der Waals surface area contributed by atoms with E-state index in [1.54, 1.807) is 24.3 Å². The second-order valence-electron chi connectivity index (χ2n) is 5.14. The van der Waals surface area contributed by atoms with Gasteiger partial charge in [0.2, 0.25) is 0 Å². The number of alkyl halides is 4. The van der Waals surface area contributed by atoms with E-state index in [1.807, 2.05) is 0 Å². The summed E-state index contributed by atoms with van der Waals surface area (Å²) >= 11 is 0. The first kappa shape index (κ1) is 16.9. The van der Waals surface area contributed by atoms with Crippen LogP contribution in [0.15, 0.2) is 54.9 Å². The normalized spacial score (nSPS) is 12.8. The van der Waals surface area contributed by atoms with Crippen molar-refractivity contribution < 1.29 is 22.3 Å². The molecule has 0 saturated heterocycles. The van der Waals surface area contributed by atoms with Crippen molar-refractivity contribution >= 4 is 0 Å². The van der Waals surface area contributed by atoms with Crippen molar-refractivity contribution in [1.82, 2.24) is 14.8 Å². The van der Waals surface area contributed by atoms with Gasteiger partial charge in [-0.05, 0) is 36.8 Å². The van der Waals surface area contributed by atoms with Gasteiger partial charge in [-0.1, -0.05) is 24.3 Å². The zero-order valence-corrected chi connectivity index (χ0v) is 12.7. The van der Waals surface area contributed by atoms with Crippen molar-refractivity contribution in [1.29, 1.82) is 0 Å². The number of rotatable bonds is 4. The van der Waals surface area contributed by atoms with Crippen LogP contribution in [0.1, 0.15) is 11.7 Å². The van der Waals surface area contributed by atoms with Gasteiger partial charge in [0.15, 0.2) is 5.82 Å². The Morgan fingerprint density at radius 2 is 1.64 bits per heavy atom. The molecule has 0 spiro atoms. The largest absolute Gasteiger partial charge is 0.573 e. The molecule has 0 aliphatic carbocycles. The van der Waals surface area contributed by atoms with Crippen molar-refractivity contribution in [3.8, 4) is 22.8 Å². The van der Waals surface area contributed by atoms with Gasteiger partial charge in [0.25, 0.3) is 0 Å². The molecule has 25 heavy (non-hydrogen) atoms. The van der Waals surface area contributed by atoms with Crippen LogP contribution in [0.5, 0.6) is 5.75 Å². The first-order chi connectivity index (χ1) is 11.8. The van der Waals surface area contributed by atoms with Crippen LogP contribution in [0.2, 0.25) is 0 Å². The van der Waals surface area contributed by atoms with Gasteiger partial charge in [0, 0.05) is 5.56 Å². The van der Waals surface area contributed by atoms with Crippen LogP contribution < -0.4 is 4.74 Å². The molecule has 2 aromatic carbocycles. The van der Waals surface area contributed by atoms with Crippen LogP contribution in [0.3, 0.4) is 0 Å². The summed E-state index contributed by atoms with van der Waals surface area (Å²) in [5, 5.41) is 4.26. The summed E-state index contributed by atoms with van der Waals surface area (Å²) in [5.41, 5.74) is 1.65. The lowest BCUT2D eigenvalue weighted by Gasteiger charge is -2.09. The maximum Gasteiger partial charge on any atom is 0.573 e. The Hall–Kier alpha value is -2.90. The molecule has 1 atom stereocenters. The van der Waals surface area contributed by atoms with Gasteiger partial charge in [-0.3, -0.25) is 0 Å². The van der Waals surface area contributed by atoms with Crippen LogP contribution in [0, 0.1) is 6.92 Å². The molecule has 0 bridgehead atoms. The molecule has 1 heterocycles. The van der Waals surface area contributed by atoms with Crippen molar-refractivity contribution in [3.63, 3.8) is 0 Å². The van der Waals surface area contributed by atoms with Gasteiger partial charge < -0.3 is 4.74 Å². The fraction of sp³-hybridized carbons (Fsp3) is 0.118. The number of nitrogens with zero attached hydrogens (tertiary/aromatic N) is 3. The molecule has 0 aliphatic rings. The molecule has 1 aromatic heterocycles. The third kappa shape index (κ3) is 4.14. The van der Waals surface area contributed by atoms with Crippen LogP contribution in [-0.4, -0.2) is 21.1 Å². The Morgan fingerprint density at radius 1 is 1.00 bits per heavy atom. The monoisotopic (exact) mass is 350 g/mol. The lowest BCUT2D eigenvalue weighted by atomic mass is 10.1. The van der Waals surface area contributed by atoms with E-state index in [0.717, 1.165) is 0 Å². The topological polar surface area (TPSA) is 39.9 Å². The number of ether oxygens (including phenoxy) is 1. The Morgan fingerprint density at radius 3 is 2.20 bits per heavy atom. The summed E-state index contributed by atoms with van der Waals surface area (Å²) in [5.74, 6) is 0.0859. The van der Waals surface area contributed by atoms with E-state index >= 15 is 0 Å². The third-order valence-corrected chi connectivity index (χ3v) is 3.36. The molecule has 8 heteroatoms. The zero-order valence-electron chi connectivity index (χ0n) is 12.7. The molecule has 3 rings (SSSR count). The average Bonchev–Trinajstić information content (AvgIpc) is 3.04. The zero-order chi connectivity index (χ0) is 18.0. The van der Waals surface area contributed by atoms with Gasteiger partial charge >= 0.3 is 6.36 Å². The minimum atomic E-state index is -4.74. The van der Waals surface area contributed by atoms with Gasteiger partial charge in [-0.2, -0.15) is 0 Å². The Balaban J connectivity index is 1.79. The molecule has 0 saturated carbocycles. The predicted octanol–water partition coefficient (Wildman–Crippen LogP) is 4.68. The van der Waals surface area contributed by atoms with E-state index in [9.17, 15) is 17.6 Å². The smallest absolute Gasteiger partial charge is 0.406 e. The second-order valence-corrected chi connectivity index (χ2v) is 5.14. The molecule has 0 fully saturated rings. The molecular formula is C17H12F4N3O. The summed E-state index contributed by atoms with van der Waals surface area (Å²) in [6.45, 7) is 3.30. The van der Waals surface area contributed by atoms with Gasteiger partial charge in [0.05, 0.1) is 5.69 Å². The molecular weight excluding hydrogens is 338 g/mol. The molecule has 129 valence electrons. The van der Waals surface area contributed by atoms with E-state index in [1.165, 1.54) is 35.3 Å². The minimum absolute atomic E-state index is 0.318. The fourth-order valence-corrected chi connectivity index (χ4v) is 2.16. The van der Waals surface area contributed by atoms with E-state index < -0.39 is 12.5 Å². The SMILES string of the molecule is [CH2]C(F)c1ccc(-c2ncn(-c3ccc(OC(F)(F)F)cc3)n2)cc1. The lowest BCUT2D eigenvalue weighted by molar-refractivity contribution is -0.274. The fourth-order valence-electron chi connectivity index (χ4n) is 2.16. The molecule has 0 N–H and O–H groups in total. The molecule has 3 aromatic rings. The molecule has 1 unspecified atom stereocenters. The maximum atomic E-state index is 13.1. The van der Waals surface area contributed by atoms with Crippen molar-refractivity contribution in [3.05, 3.63) is 67.3 Å². The molecule has 0 amide bonds. The standard InChI is InChI=1S/C17H12F4N3O/c1-11(18)12-2-4-13(5-3-12)16-22-10-24(23-16)14-6-8-15(9-7-14)25-17(19,20)21/h2-11H,1H2. The summed E-state index contributed by atoms with van der Waals surface area (Å²) in [7, 11) is 0. The highest BCUT2D eigenvalue weighted by Gasteiger charge is 2.30. The molecule has 1 radical (unpaired) electrons. The number of halogens is 4. The second kappa shape index (κ2) is 6.54. The first-order valence-corrected chi connectivity index (χ1v) is 7.17. The maximum absolute atomic E-state index is 13.1. The summed E-state index contributed by atoms with van der Waals surface area (Å²) in [4.78, 5) is 4.15. The highest BCUT2D eigenvalue weighted by molar-refractivity contribution is 5.55. The van der Waals surface area contributed by atoms with Crippen LogP contribution in [-0.2, 0) is 0 Å². The van der Waals surface area contributed by atoms with Crippen molar-refractivity contribution in [2.45, 2.75) is 12.5 Å². The van der Waals surface area contributed by atoms with Crippen LogP contribution in [0.25, 0.3) is 17.1 Å². The van der Waals surface area contributed by atoms with E-state index in [4.69, 9.17) is 0 Å². The highest BCUT2D eigenvalue weighted by Crippen LogP contribution is 2.24. The quantitative estimate of drug-likeness (QED) is 0.642. The molecule has 0 aliphatic heterocycles. The number of hydrogen-bond acceptors (Lipinski definition) is 3. The first-order valence-electron chi connectivity index (χ1n) is 7.17. The highest BCUT2D eigenvalue weighted by atomic mass is 19.4. The Kier molecular flexibility index (Phi) is 4.43. The van der Waals surface area contributed by atoms with E-state index in [2.05, 4.69) is 21.7 Å². The minimum Gasteiger partial charge on any atom is -0.406 e.